The number of hydrogen-bond donors (Lipinski definition) is 0. The van der Waals surface area contributed by atoms with E-state index in [1.165, 1.54) is 4.81 Å². The summed E-state index contributed by atoms with van der Waals surface area (Å²) >= 11 is 0.603. The second-order valence-corrected chi connectivity index (χ2v) is 3.66. The molecule has 0 heterocycles. The van der Waals surface area contributed by atoms with Gasteiger partial charge in [0, 0.05) is 0 Å². The van der Waals surface area contributed by atoms with Crippen molar-refractivity contribution >= 4 is 0 Å². The molecule has 1 heteroatoms. The maximum absolute atomic E-state index is 2.29. The molecule has 0 saturated heterocycles. The Morgan fingerprint density at radius 2 is 2.00 bits per heavy atom. The van der Waals surface area contributed by atoms with Crippen LogP contribution in [-0.4, -0.2) is 0 Å². The molecule has 0 nitrogen and oxygen atoms in total. The van der Waals surface area contributed by atoms with Crippen molar-refractivity contribution < 1.29 is 18.6 Å². The summed E-state index contributed by atoms with van der Waals surface area (Å²) in [5.74, 6) is 0. The van der Waals surface area contributed by atoms with Gasteiger partial charge in [-0.15, -0.1) is 0 Å². The molecule has 30 valence electrons. The van der Waals surface area contributed by atoms with Crippen molar-refractivity contribution in [3.05, 3.63) is 0 Å². The molecule has 0 aromatic rings. The molecule has 0 amide bonds. The van der Waals surface area contributed by atoms with E-state index < -0.39 is 0 Å². The van der Waals surface area contributed by atoms with E-state index in [-0.39, 0.29) is 0 Å². The van der Waals surface area contributed by atoms with Crippen molar-refractivity contribution in [2.75, 3.05) is 0 Å². The molecule has 0 atom stereocenters. The Balaban J connectivity index is 1.97. The molecular weight excluding hydrogens is 231 g/mol. The number of hydrogen-bond acceptors (Lipinski definition) is 0. The van der Waals surface area contributed by atoms with Crippen LogP contribution in [0.5, 0.6) is 0 Å². The first kappa shape index (κ1) is 4.69. The van der Waals surface area contributed by atoms with Crippen molar-refractivity contribution in [1.82, 2.24) is 0 Å². The Bertz CT molecular complexity index is 5.25. The zero-order valence-electron chi connectivity index (χ0n) is 3.02. The topological polar surface area (TPSA) is 0 Å². The van der Waals surface area contributed by atoms with E-state index in [1.807, 2.05) is 0 Å². The summed E-state index contributed by atoms with van der Waals surface area (Å²) in [4.78, 5) is 1.43. The Hall–Kier alpha value is 0.688. The van der Waals surface area contributed by atoms with Crippen molar-refractivity contribution in [3.63, 3.8) is 0 Å². The van der Waals surface area contributed by atoms with Gasteiger partial charge in [0.05, 0.1) is 0 Å². The second kappa shape index (κ2) is 3.69. The van der Waals surface area contributed by atoms with Crippen LogP contribution < -0.4 is 0 Å². The van der Waals surface area contributed by atoms with E-state index in [0.29, 0.717) is 18.6 Å². The molecule has 0 aliphatic heterocycles. The predicted molar refractivity (Wildman–Crippen MR) is 16.3 cm³/mol. The zero-order valence-corrected chi connectivity index (χ0v) is 5.30. The molecule has 0 N–H and O–H groups in total. The summed E-state index contributed by atoms with van der Waals surface area (Å²) in [6.45, 7) is 2.23. The molecule has 0 aliphatic carbocycles. The minimum absolute atomic E-state index is 0.603. The van der Waals surface area contributed by atoms with Crippen LogP contribution in [0.25, 0.3) is 0 Å². The maximum atomic E-state index is 2.29. The van der Waals surface area contributed by atoms with E-state index in [4.69, 9.17) is 0 Å². The summed E-state index contributed by atoms with van der Waals surface area (Å²) in [5.41, 5.74) is 0. The third kappa shape index (κ3) is 2.69. The fourth-order valence-corrected chi connectivity index (χ4v) is 0. The van der Waals surface area contributed by atoms with E-state index in [9.17, 15) is 0 Å². The van der Waals surface area contributed by atoms with Crippen molar-refractivity contribution in [1.29, 1.82) is 0 Å². The van der Waals surface area contributed by atoms with Gasteiger partial charge in [0.2, 0.25) is 0 Å². The minimum atomic E-state index is 0.603. The number of rotatable bonds is 1. The van der Waals surface area contributed by atoms with Crippen LogP contribution in [0.4, 0.5) is 0 Å². The average Bonchev–Trinajstić information content (AvgIpc) is 1.37. The third-order valence-electron chi connectivity index (χ3n) is 0.224. The fraction of sp³-hybridized carbons (Fsp3) is 1.00. The molecule has 0 spiro atoms. The SMILES string of the molecule is C[CH2][Pt][CH3]. The molecule has 0 aromatic carbocycles. The molecule has 0 saturated carbocycles. The van der Waals surface area contributed by atoms with Crippen LogP contribution in [0.15, 0.2) is 0 Å². The fourth-order valence-electron chi connectivity index (χ4n) is 0. The van der Waals surface area contributed by atoms with E-state index in [2.05, 4.69) is 12.2 Å². The van der Waals surface area contributed by atoms with Gasteiger partial charge in [-0.1, -0.05) is 0 Å². The van der Waals surface area contributed by atoms with Gasteiger partial charge >= 0.3 is 35.6 Å². The first-order valence-electron chi connectivity index (χ1n) is 1.25. The Labute approximate surface area is 36.1 Å². The summed E-state index contributed by atoms with van der Waals surface area (Å²) in [7, 11) is 0. The van der Waals surface area contributed by atoms with Crippen LogP contribution in [-0.2, 0) is 18.6 Å². The molecule has 4 heavy (non-hydrogen) atoms. The summed E-state index contributed by atoms with van der Waals surface area (Å²) < 4.78 is 0. The standard InChI is InChI=1S/C2H5.CH3.Pt/c1-2;;/h1H2,2H3;1H3;. The zero-order chi connectivity index (χ0) is 3.41. The van der Waals surface area contributed by atoms with Crippen LogP contribution in [0.1, 0.15) is 6.92 Å². The average molecular weight is 239 g/mol. The second-order valence-electron chi connectivity index (χ2n) is 0.447. The monoisotopic (exact) mass is 239 g/mol. The molecular formula is C3H8Pt. The molecule has 0 rings (SSSR count). The van der Waals surface area contributed by atoms with Gasteiger partial charge in [-0.05, 0) is 0 Å². The van der Waals surface area contributed by atoms with Gasteiger partial charge in [0.25, 0.3) is 0 Å². The molecule has 0 aliphatic rings. The molecule has 0 unspecified atom stereocenters. The van der Waals surface area contributed by atoms with Crippen LogP contribution in [0.2, 0.25) is 10.1 Å². The van der Waals surface area contributed by atoms with Crippen molar-refractivity contribution in [3.8, 4) is 0 Å². The normalized spacial score (nSPS) is 8.50. The van der Waals surface area contributed by atoms with Gasteiger partial charge in [0.15, 0.2) is 0 Å². The van der Waals surface area contributed by atoms with Gasteiger partial charge in [-0.25, -0.2) is 0 Å². The molecule has 0 fully saturated rings. The summed E-state index contributed by atoms with van der Waals surface area (Å²) in [5, 5.41) is 2.29. The Kier molecular flexibility index (Phi) is 4.32. The van der Waals surface area contributed by atoms with Gasteiger partial charge in [-0.2, -0.15) is 0 Å². The predicted octanol–water partition coefficient (Wildman–Crippen LogP) is 1.56. The van der Waals surface area contributed by atoms with Crippen LogP contribution >= 0.6 is 0 Å². The van der Waals surface area contributed by atoms with Crippen LogP contribution in [0.3, 0.4) is 0 Å². The first-order valence-corrected chi connectivity index (χ1v) is 5.13. The Morgan fingerprint density at radius 1 is 1.75 bits per heavy atom. The van der Waals surface area contributed by atoms with Crippen molar-refractivity contribution in [2.24, 2.45) is 0 Å². The quantitative estimate of drug-likeness (QED) is 0.651. The first-order chi connectivity index (χ1) is 1.91. The Morgan fingerprint density at radius 3 is 2.00 bits per heavy atom. The van der Waals surface area contributed by atoms with Crippen molar-refractivity contribution in [2.45, 2.75) is 17.0 Å². The molecule has 0 bridgehead atoms. The molecule has 0 aromatic heterocycles. The third-order valence-corrected chi connectivity index (χ3v) is 1.83. The van der Waals surface area contributed by atoms with E-state index >= 15 is 0 Å². The van der Waals surface area contributed by atoms with Gasteiger partial charge in [0.1, 0.15) is 0 Å². The summed E-state index contributed by atoms with van der Waals surface area (Å²) in [6.07, 6.45) is 0. The molecule has 0 radical (unpaired) electrons. The van der Waals surface area contributed by atoms with E-state index in [0.717, 1.165) is 0 Å². The van der Waals surface area contributed by atoms with Gasteiger partial charge < -0.3 is 0 Å². The van der Waals surface area contributed by atoms with Gasteiger partial charge in [-0.3, -0.25) is 0 Å². The van der Waals surface area contributed by atoms with E-state index in [1.54, 1.807) is 0 Å². The van der Waals surface area contributed by atoms with Crippen LogP contribution in [0, 0.1) is 0 Å². The summed E-state index contributed by atoms with van der Waals surface area (Å²) in [6, 6.07) is 0.